The zero-order valence-corrected chi connectivity index (χ0v) is 18.4. The summed E-state index contributed by atoms with van der Waals surface area (Å²) in [6.45, 7) is 3.54. The molecule has 3 aromatic rings. The summed E-state index contributed by atoms with van der Waals surface area (Å²) in [5.41, 5.74) is 3.87. The van der Waals surface area contributed by atoms with Gasteiger partial charge >= 0.3 is 0 Å². The van der Waals surface area contributed by atoms with Crippen LogP contribution in [0.4, 0.5) is 0 Å². The Kier molecular flexibility index (Phi) is 6.15. The zero-order chi connectivity index (χ0) is 22.7. The zero-order valence-electron chi connectivity index (χ0n) is 17.6. The van der Waals surface area contributed by atoms with E-state index in [9.17, 15) is 10.1 Å². The second kappa shape index (κ2) is 9.16. The van der Waals surface area contributed by atoms with Crippen molar-refractivity contribution in [2.45, 2.75) is 26.3 Å². The number of nitrogens with zero attached hydrogens (tertiary/aromatic N) is 5. The number of nitriles is 1. The monoisotopic (exact) mass is 445 g/mol. The van der Waals surface area contributed by atoms with Gasteiger partial charge in [-0.1, -0.05) is 29.8 Å². The van der Waals surface area contributed by atoms with Gasteiger partial charge in [0.1, 0.15) is 11.6 Å². The maximum atomic E-state index is 12.7. The van der Waals surface area contributed by atoms with E-state index in [0.717, 1.165) is 23.3 Å². The standard InChI is InChI=1S/C24H20ClN5O2/c1-15-10-16(2)30(29-15)23(31)14-32-24-21(12-26)20(18-4-3-9-27-13-18)11-22(28-24)17-5-7-19(25)8-6-17/h3-9,11,13,16H,10,14H2,1-2H3. The van der Waals surface area contributed by atoms with Gasteiger partial charge in [-0.15, -0.1) is 0 Å². The third kappa shape index (κ3) is 4.46. The fourth-order valence-corrected chi connectivity index (χ4v) is 3.71. The summed E-state index contributed by atoms with van der Waals surface area (Å²) >= 11 is 6.02. The Morgan fingerprint density at radius 3 is 2.69 bits per heavy atom. The molecule has 0 bridgehead atoms. The first-order valence-corrected chi connectivity index (χ1v) is 10.4. The van der Waals surface area contributed by atoms with Gasteiger partial charge in [-0.3, -0.25) is 9.78 Å². The minimum absolute atomic E-state index is 0.0270. The first-order valence-electron chi connectivity index (χ1n) is 10.1. The van der Waals surface area contributed by atoms with Crippen LogP contribution in [0.3, 0.4) is 0 Å². The van der Waals surface area contributed by atoms with Crippen LogP contribution >= 0.6 is 11.6 Å². The molecule has 32 heavy (non-hydrogen) atoms. The maximum Gasteiger partial charge on any atom is 0.280 e. The van der Waals surface area contributed by atoms with E-state index in [-0.39, 0.29) is 30.0 Å². The van der Waals surface area contributed by atoms with Gasteiger partial charge in [0.05, 0.1) is 11.7 Å². The minimum Gasteiger partial charge on any atom is -0.467 e. The topological polar surface area (TPSA) is 91.5 Å². The van der Waals surface area contributed by atoms with E-state index in [1.807, 2.05) is 38.1 Å². The van der Waals surface area contributed by atoms with Gasteiger partial charge in [0, 0.05) is 46.2 Å². The number of carbonyl (C=O) groups is 1. The number of amides is 1. The Labute approximate surface area is 190 Å². The largest absolute Gasteiger partial charge is 0.467 e. The second-order valence-corrected chi connectivity index (χ2v) is 7.95. The van der Waals surface area contributed by atoms with Crippen molar-refractivity contribution in [1.82, 2.24) is 15.0 Å². The number of pyridine rings is 2. The molecule has 1 aliphatic rings. The van der Waals surface area contributed by atoms with Crippen LogP contribution in [0.5, 0.6) is 5.88 Å². The summed E-state index contributed by atoms with van der Waals surface area (Å²) in [5, 5.41) is 16.2. The molecule has 0 fully saturated rings. The van der Waals surface area contributed by atoms with Crippen LogP contribution in [0.1, 0.15) is 25.8 Å². The summed E-state index contributed by atoms with van der Waals surface area (Å²) in [4.78, 5) is 21.4. The predicted octanol–water partition coefficient (Wildman–Crippen LogP) is 4.71. The van der Waals surface area contributed by atoms with Crippen LogP contribution < -0.4 is 4.74 Å². The molecular weight excluding hydrogens is 426 g/mol. The van der Waals surface area contributed by atoms with Gasteiger partial charge in [0.25, 0.3) is 5.91 Å². The smallest absolute Gasteiger partial charge is 0.280 e. The summed E-state index contributed by atoms with van der Waals surface area (Å²) < 4.78 is 5.79. The number of ether oxygens (including phenoxy) is 1. The Hall–Kier alpha value is -3.76. The van der Waals surface area contributed by atoms with E-state index >= 15 is 0 Å². The molecule has 8 heteroatoms. The normalized spacial score (nSPS) is 15.2. The molecule has 3 heterocycles. The van der Waals surface area contributed by atoms with Crippen molar-refractivity contribution >= 4 is 23.2 Å². The molecule has 0 N–H and O–H groups in total. The van der Waals surface area contributed by atoms with Crippen molar-refractivity contribution in [2.24, 2.45) is 5.10 Å². The first kappa shape index (κ1) is 21.5. The molecule has 0 radical (unpaired) electrons. The van der Waals surface area contributed by atoms with E-state index < -0.39 is 0 Å². The molecule has 160 valence electrons. The van der Waals surface area contributed by atoms with Crippen molar-refractivity contribution in [3.05, 3.63) is 65.4 Å². The predicted molar refractivity (Wildman–Crippen MR) is 122 cm³/mol. The molecule has 0 aliphatic carbocycles. The van der Waals surface area contributed by atoms with Crippen molar-refractivity contribution in [1.29, 1.82) is 5.26 Å². The number of rotatable bonds is 5. The summed E-state index contributed by atoms with van der Waals surface area (Å²) in [6, 6.07) is 14.8. The molecule has 1 unspecified atom stereocenters. The van der Waals surface area contributed by atoms with Crippen LogP contribution in [0.15, 0.2) is 60.0 Å². The van der Waals surface area contributed by atoms with Gasteiger partial charge in [0.2, 0.25) is 5.88 Å². The van der Waals surface area contributed by atoms with Crippen molar-refractivity contribution in [3.63, 3.8) is 0 Å². The number of benzene rings is 1. The van der Waals surface area contributed by atoms with Crippen molar-refractivity contribution in [3.8, 4) is 34.3 Å². The lowest BCUT2D eigenvalue weighted by atomic mass is 10.00. The van der Waals surface area contributed by atoms with Gasteiger partial charge < -0.3 is 4.74 Å². The lowest BCUT2D eigenvalue weighted by Gasteiger charge is -2.18. The number of carbonyl (C=O) groups excluding carboxylic acids is 1. The molecule has 4 rings (SSSR count). The number of hydrogen-bond donors (Lipinski definition) is 0. The molecule has 0 saturated carbocycles. The molecule has 0 saturated heterocycles. The van der Waals surface area contributed by atoms with Gasteiger partial charge in [-0.25, -0.2) is 9.99 Å². The van der Waals surface area contributed by atoms with Crippen molar-refractivity contribution in [2.75, 3.05) is 6.61 Å². The third-order valence-electron chi connectivity index (χ3n) is 5.09. The van der Waals surface area contributed by atoms with Crippen LogP contribution in [0, 0.1) is 11.3 Å². The quantitative estimate of drug-likeness (QED) is 0.567. The van der Waals surface area contributed by atoms with Crippen molar-refractivity contribution < 1.29 is 9.53 Å². The molecule has 0 spiro atoms. The summed E-state index contributed by atoms with van der Waals surface area (Å²) in [6.07, 6.45) is 4.05. The molecule has 1 aliphatic heterocycles. The van der Waals surface area contributed by atoms with E-state index in [1.54, 1.807) is 30.6 Å². The van der Waals surface area contributed by atoms with Gasteiger partial charge in [-0.2, -0.15) is 10.4 Å². The summed E-state index contributed by atoms with van der Waals surface area (Å²) in [7, 11) is 0. The van der Waals surface area contributed by atoms with Crippen LogP contribution in [-0.4, -0.2) is 39.2 Å². The number of hydrazone groups is 1. The van der Waals surface area contributed by atoms with Crippen LogP contribution in [0.2, 0.25) is 5.02 Å². The van der Waals surface area contributed by atoms with E-state index in [1.165, 1.54) is 5.01 Å². The minimum atomic E-state index is -0.292. The van der Waals surface area contributed by atoms with Gasteiger partial charge in [-0.05, 0) is 38.1 Å². The van der Waals surface area contributed by atoms with Crippen LogP contribution in [0.25, 0.3) is 22.4 Å². The third-order valence-corrected chi connectivity index (χ3v) is 5.34. The Bertz CT molecular complexity index is 1220. The Balaban J connectivity index is 1.73. The Morgan fingerprint density at radius 1 is 1.28 bits per heavy atom. The Morgan fingerprint density at radius 2 is 2.06 bits per heavy atom. The second-order valence-electron chi connectivity index (χ2n) is 7.51. The number of hydrogen-bond acceptors (Lipinski definition) is 6. The molecule has 1 atom stereocenters. The van der Waals surface area contributed by atoms with E-state index in [0.29, 0.717) is 16.3 Å². The highest BCUT2D eigenvalue weighted by molar-refractivity contribution is 6.30. The molecule has 1 amide bonds. The molecule has 7 nitrogen and oxygen atoms in total. The number of aromatic nitrogens is 2. The fraction of sp³-hybridized carbons (Fsp3) is 0.208. The maximum absolute atomic E-state index is 12.7. The average molecular weight is 446 g/mol. The molecule has 2 aromatic heterocycles. The highest BCUT2D eigenvalue weighted by Crippen LogP contribution is 2.33. The van der Waals surface area contributed by atoms with Crippen LogP contribution in [-0.2, 0) is 4.79 Å². The lowest BCUT2D eigenvalue weighted by Crippen LogP contribution is -2.34. The lowest BCUT2D eigenvalue weighted by molar-refractivity contribution is -0.134. The van der Waals surface area contributed by atoms with Gasteiger partial charge in [0.15, 0.2) is 6.61 Å². The number of halogens is 1. The first-order chi connectivity index (χ1) is 15.5. The highest BCUT2D eigenvalue weighted by Gasteiger charge is 2.27. The molecular formula is C24H20ClN5O2. The average Bonchev–Trinajstić information content (AvgIpc) is 3.15. The molecule has 1 aromatic carbocycles. The van der Waals surface area contributed by atoms with E-state index in [2.05, 4.69) is 21.1 Å². The SMILES string of the molecule is CC1=NN(C(=O)COc2nc(-c3ccc(Cl)cc3)cc(-c3cccnc3)c2C#N)C(C)C1. The van der Waals surface area contributed by atoms with E-state index in [4.69, 9.17) is 16.3 Å². The summed E-state index contributed by atoms with van der Waals surface area (Å²) in [5.74, 6) is -0.209. The highest BCUT2D eigenvalue weighted by atomic mass is 35.5. The fourth-order valence-electron chi connectivity index (χ4n) is 3.59.